The highest BCUT2D eigenvalue weighted by molar-refractivity contribution is 5.69. The van der Waals surface area contributed by atoms with Gasteiger partial charge in [0.2, 0.25) is 0 Å². The average molecular weight is 313 g/mol. The van der Waals surface area contributed by atoms with E-state index in [2.05, 4.69) is 9.74 Å². The third-order valence-corrected chi connectivity index (χ3v) is 4.49. The molecule has 23 heavy (non-hydrogen) atoms. The van der Waals surface area contributed by atoms with Crippen LogP contribution in [0.2, 0.25) is 0 Å². The van der Waals surface area contributed by atoms with Gasteiger partial charge in [-0.05, 0) is 39.3 Å². The normalized spacial score (nSPS) is 19.4. The first-order valence-corrected chi connectivity index (χ1v) is 8.01. The first kappa shape index (κ1) is 15.7. The smallest absolute Gasteiger partial charge is 0.410 e. The Hall–Kier alpha value is -2.22. The maximum atomic E-state index is 12.2. The molecule has 0 aliphatic carbocycles. The van der Waals surface area contributed by atoms with Crippen LogP contribution in [0.3, 0.4) is 0 Å². The number of ether oxygens (including phenoxy) is 1. The zero-order valence-electron chi connectivity index (χ0n) is 14.0. The topological polar surface area (TPSA) is 37.1 Å². The maximum absolute atomic E-state index is 12.2. The summed E-state index contributed by atoms with van der Waals surface area (Å²) in [6.45, 7) is 16.2. The molecule has 0 saturated carbocycles. The average Bonchev–Trinajstić information content (AvgIpc) is 2.90. The molecule has 2 fully saturated rings. The fraction of sp³-hybridized carbons (Fsp3) is 0.556. The third kappa shape index (κ3) is 3.26. The number of carbonyl (C=O) groups excluding carboxylic acids is 1. The van der Waals surface area contributed by atoms with Crippen molar-refractivity contribution in [1.82, 2.24) is 4.90 Å². The number of likely N-dealkylation sites (tertiary alicyclic amines) is 1. The highest BCUT2D eigenvalue weighted by atomic mass is 16.6. The molecule has 1 aromatic carbocycles. The second-order valence-corrected chi connectivity index (χ2v) is 7.64. The van der Waals surface area contributed by atoms with Gasteiger partial charge in [-0.15, -0.1) is 0 Å². The lowest BCUT2D eigenvalue weighted by Crippen LogP contribution is -2.58. The number of hydrogen-bond acceptors (Lipinski definition) is 3. The van der Waals surface area contributed by atoms with Crippen LogP contribution in [0.25, 0.3) is 4.85 Å². The molecule has 2 aliphatic heterocycles. The Morgan fingerprint density at radius 2 is 1.87 bits per heavy atom. The Bertz CT molecular complexity index is 634. The molecule has 0 N–H and O–H groups in total. The Morgan fingerprint density at radius 3 is 2.43 bits per heavy atom. The first-order valence-electron chi connectivity index (χ1n) is 8.01. The molecular weight excluding hydrogens is 290 g/mol. The number of amides is 1. The van der Waals surface area contributed by atoms with Crippen LogP contribution in [0.15, 0.2) is 24.3 Å². The summed E-state index contributed by atoms with van der Waals surface area (Å²) in [5, 5.41) is 0. The van der Waals surface area contributed by atoms with E-state index in [9.17, 15) is 4.79 Å². The van der Waals surface area contributed by atoms with Crippen molar-refractivity contribution in [1.29, 1.82) is 0 Å². The molecule has 122 valence electrons. The number of rotatable bonds is 1. The summed E-state index contributed by atoms with van der Waals surface area (Å²) in [7, 11) is 0. The number of hydrogen-bond donors (Lipinski definition) is 0. The summed E-state index contributed by atoms with van der Waals surface area (Å²) in [6, 6.07) is 7.71. The second-order valence-electron chi connectivity index (χ2n) is 7.64. The minimum Gasteiger partial charge on any atom is -0.444 e. The highest BCUT2D eigenvalue weighted by Crippen LogP contribution is 2.42. The van der Waals surface area contributed by atoms with Gasteiger partial charge in [0.05, 0.1) is 6.57 Å². The van der Waals surface area contributed by atoms with Crippen molar-refractivity contribution in [2.75, 3.05) is 31.1 Å². The highest BCUT2D eigenvalue weighted by Gasteiger charge is 2.49. The minimum absolute atomic E-state index is 0.200. The SMILES string of the molecule is [C-]#[N+]c1ccc(N2CC3(CCN(C(=O)OC(C)(C)C)C3)C2)cc1. The quantitative estimate of drug-likeness (QED) is 0.742. The molecule has 5 nitrogen and oxygen atoms in total. The van der Waals surface area contributed by atoms with Crippen molar-refractivity contribution in [2.45, 2.75) is 32.8 Å². The molecule has 1 spiro atoms. The zero-order valence-corrected chi connectivity index (χ0v) is 14.0. The van der Waals surface area contributed by atoms with Crippen LogP contribution in [0.4, 0.5) is 16.2 Å². The lowest BCUT2D eigenvalue weighted by atomic mass is 9.79. The molecule has 2 saturated heterocycles. The standard InChI is InChI=1S/C18H23N3O2/c1-17(2,3)23-16(22)20-10-9-18(11-20)12-21(13-18)15-7-5-14(19-4)6-8-15/h5-8H,9-13H2,1-3H3. The van der Waals surface area contributed by atoms with E-state index in [-0.39, 0.29) is 11.5 Å². The number of nitrogens with zero attached hydrogens (tertiary/aromatic N) is 3. The van der Waals surface area contributed by atoms with Crippen LogP contribution in [-0.4, -0.2) is 42.8 Å². The first-order chi connectivity index (χ1) is 10.8. The van der Waals surface area contributed by atoms with Gasteiger partial charge in [0.1, 0.15) is 5.60 Å². The van der Waals surface area contributed by atoms with Crippen LogP contribution >= 0.6 is 0 Å². The molecule has 0 radical (unpaired) electrons. The van der Waals surface area contributed by atoms with E-state index in [4.69, 9.17) is 11.3 Å². The predicted molar refractivity (Wildman–Crippen MR) is 89.8 cm³/mol. The van der Waals surface area contributed by atoms with Crippen molar-refractivity contribution < 1.29 is 9.53 Å². The van der Waals surface area contributed by atoms with Crippen LogP contribution in [0, 0.1) is 12.0 Å². The lowest BCUT2D eigenvalue weighted by Gasteiger charge is -2.49. The van der Waals surface area contributed by atoms with Crippen molar-refractivity contribution in [3.8, 4) is 0 Å². The van der Waals surface area contributed by atoms with Crippen LogP contribution in [0.5, 0.6) is 0 Å². The van der Waals surface area contributed by atoms with Gasteiger partial charge in [0.15, 0.2) is 5.69 Å². The molecule has 0 aromatic heterocycles. The van der Waals surface area contributed by atoms with E-state index in [0.717, 1.165) is 38.3 Å². The summed E-state index contributed by atoms with van der Waals surface area (Å²) in [6.07, 6.45) is 0.831. The van der Waals surface area contributed by atoms with Crippen LogP contribution in [0.1, 0.15) is 27.2 Å². The monoisotopic (exact) mass is 313 g/mol. The molecule has 2 aliphatic rings. The van der Waals surface area contributed by atoms with E-state index in [0.29, 0.717) is 5.69 Å². The molecule has 0 atom stereocenters. The molecule has 5 heteroatoms. The van der Waals surface area contributed by atoms with Crippen molar-refractivity contribution in [3.05, 3.63) is 35.7 Å². The Balaban J connectivity index is 1.56. The van der Waals surface area contributed by atoms with E-state index < -0.39 is 5.60 Å². The van der Waals surface area contributed by atoms with Gasteiger partial charge in [-0.2, -0.15) is 0 Å². The summed E-state index contributed by atoms with van der Waals surface area (Å²) in [4.78, 5) is 19.7. The fourth-order valence-corrected chi connectivity index (χ4v) is 3.36. The van der Waals surface area contributed by atoms with Gasteiger partial charge >= 0.3 is 6.09 Å². The van der Waals surface area contributed by atoms with Crippen molar-refractivity contribution in [3.63, 3.8) is 0 Å². The van der Waals surface area contributed by atoms with Gasteiger partial charge in [0.25, 0.3) is 0 Å². The van der Waals surface area contributed by atoms with Gasteiger partial charge < -0.3 is 14.5 Å². The number of anilines is 1. The van der Waals surface area contributed by atoms with Crippen molar-refractivity contribution >= 4 is 17.5 Å². The molecule has 2 heterocycles. The Labute approximate surface area is 137 Å². The van der Waals surface area contributed by atoms with E-state index >= 15 is 0 Å². The Morgan fingerprint density at radius 1 is 1.22 bits per heavy atom. The van der Waals surface area contributed by atoms with Gasteiger partial charge in [-0.1, -0.05) is 12.1 Å². The van der Waals surface area contributed by atoms with Crippen molar-refractivity contribution in [2.24, 2.45) is 5.41 Å². The largest absolute Gasteiger partial charge is 0.444 e. The predicted octanol–water partition coefficient (Wildman–Crippen LogP) is 3.68. The molecule has 1 amide bonds. The number of benzene rings is 1. The zero-order chi connectivity index (χ0) is 16.7. The molecule has 1 aromatic rings. The molecule has 0 bridgehead atoms. The fourth-order valence-electron chi connectivity index (χ4n) is 3.36. The van der Waals surface area contributed by atoms with E-state index in [1.165, 1.54) is 0 Å². The third-order valence-electron chi connectivity index (χ3n) is 4.49. The van der Waals surface area contributed by atoms with Gasteiger partial charge in [-0.25, -0.2) is 9.64 Å². The van der Waals surface area contributed by atoms with Gasteiger partial charge in [-0.3, -0.25) is 0 Å². The Kier molecular flexibility index (Phi) is 3.71. The summed E-state index contributed by atoms with van der Waals surface area (Å²) >= 11 is 0. The van der Waals surface area contributed by atoms with Crippen LogP contribution in [-0.2, 0) is 4.74 Å². The summed E-state index contributed by atoms with van der Waals surface area (Å²) in [5.41, 5.74) is 1.58. The molecule has 0 unspecified atom stereocenters. The molecule has 3 rings (SSSR count). The lowest BCUT2D eigenvalue weighted by molar-refractivity contribution is 0.0265. The summed E-state index contributed by atoms with van der Waals surface area (Å²) < 4.78 is 5.47. The molecular formula is C18H23N3O2. The summed E-state index contributed by atoms with van der Waals surface area (Å²) in [5.74, 6) is 0. The second kappa shape index (κ2) is 5.45. The van der Waals surface area contributed by atoms with Crippen LogP contribution < -0.4 is 4.90 Å². The minimum atomic E-state index is -0.441. The van der Waals surface area contributed by atoms with E-state index in [1.54, 1.807) is 0 Å². The van der Waals surface area contributed by atoms with E-state index in [1.807, 2.05) is 49.9 Å². The van der Waals surface area contributed by atoms with Gasteiger partial charge in [0, 0.05) is 37.3 Å². The maximum Gasteiger partial charge on any atom is 0.410 e. The number of carbonyl (C=O) groups is 1.